The van der Waals surface area contributed by atoms with Crippen molar-refractivity contribution in [1.82, 2.24) is 0 Å². The van der Waals surface area contributed by atoms with Gasteiger partial charge < -0.3 is 24.3 Å². The summed E-state index contributed by atoms with van der Waals surface area (Å²) < 4.78 is 21.3. The van der Waals surface area contributed by atoms with Crippen LogP contribution in [0.5, 0.6) is 23.0 Å². The molecule has 3 aromatic rings. The Balaban J connectivity index is 1.70. The molecule has 34 heavy (non-hydrogen) atoms. The number of rotatable bonds is 10. The number of allylic oxidation sites excluding steroid dienone is 1. The van der Waals surface area contributed by atoms with Gasteiger partial charge in [0.1, 0.15) is 5.75 Å². The van der Waals surface area contributed by atoms with Gasteiger partial charge in [-0.15, -0.1) is 0 Å². The molecular formula is C27H26ClNO5. The highest BCUT2D eigenvalue weighted by atomic mass is 35.5. The quantitative estimate of drug-likeness (QED) is 0.207. The Morgan fingerprint density at radius 2 is 1.47 bits per heavy atom. The Kier molecular flexibility index (Phi) is 8.60. The third-order valence-corrected chi connectivity index (χ3v) is 5.26. The lowest BCUT2D eigenvalue weighted by molar-refractivity contribution is 0.104. The van der Waals surface area contributed by atoms with Crippen molar-refractivity contribution in [1.29, 1.82) is 0 Å². The fraction of sp³-hybridized carbons (Fsp3) is 0.148. The van der Waals surface area contributed by atoms with E-state index in [0.29, 0.717) is 33.6 Å². The van der Waals surface area contributed by atoms with Crippen LogP contribution in [-0.2, 0) is 0 Å². The molecule has 0 atom stereocenters. The highest BCUT2D eigenvalue weighted by Gasteiger charge is 2.12. The van der Waals surface area contributed by atoms with E-state index in [0.717, 1.165) is 16.8 Å². The fourth-order valence-electron chi connectivity index (χ4n) is 3.25. The van der Waals surface area contributed by atoms with E-state index in [1.807, 2.05) is 48.6 Å². The molecule has 0 unspecified atom stereocenters. The van der Waals surface area contributed by atoms with Gasteiger partial charge in [0.05, 0.1) is 33.5 Å². The van der Waals surface area contributed by atoms with Gasteiger partial charge in [-0.25, -0.2) is 0 Å². The summed E-state index contributed by atoms with van der Waals surface area (Å²) in [4.78, 5) is 12.4. The molecule has 0 aliphatic rings. The Bertz CT molecular complexity index is 1190. The van der Waals surface area contributed by atoms with E-state index in [1.54, 1.807) is 45.7 Å². The predicted octanol–water partition coefficient (Wildman–Crippen LogP) is 6.35. The highest BCUT2D eigenvalue weighted by Crippen LogP contribution is 2.38. The maximum absolute atomic E-state index is 12.4. The van der Waals surface area contributed by atoms with E-state index >= 15 is 0 Å². The summed E-state index contributed by atoms with van der Waals surface area (Å²) in [5.41, 5.74) is 3.19. The molecule has 0 aliphatic carbocycles. The molecule has 3 aromatic carbocycles. The van der Waals surface area contributed by atoms with E-state index in [4.69, 9.17) is 30.5 Å². The van der Waals surface area contributed by atoms with Crippen LogP contribution in [-0.4, -0.2) is 34.2 Å². The van der Waals surface area contributed by atoms with Crippen molar-refractivity contribution < 1.29 is 23.7 Å². The first-order valence-electron chi connectivity index (χ1n) is 10.4. The minimum Gasteiger partial charge on any atom is -0.495 e. The summed E-state index contributed by atoms with van der Waals surface area (Å²) >= 11 is 6.10. The number of hydrogen-bond acceptors (Lipinski definition) is 6. The van der Waals surface area contributed by atoms with Crippen molar-refractivity contribution in [3.05, 3.63) is 88.6 Å². The number of benzene rings is 3. The SMILES string of the molecule is COc1ccc(C(=O)/C=C\Nc2cccc(C=Cc3cc(OC)c(OC)c(OC)c3)c2)cc1Cl. The van der Waals surface area contributed by atoms with Crippen molar-refractivity contribution in [3.8, 4) is 23.0 Å². The normalized spacial score (nSPS) is 11.0. The zero-order chi connectivity index (χ0) is 24.5. The maximum atomic E-state index is 12.4. The van der Waals surface area contributed by atoms with Crippen molar-refractivity contribution in [2.24, 2.45) is 0 Å². The second-order valence-corrected chi connectivity index (χ2v) is 7.52. The van der Waals surface area contributed by atoms with Gasteiger partial charge in [-0.1, -0.05) is 35.9 Å². The van der Waals surface area contributed by atoms with Crippen LogP contribution in [0.25, 0.3) is 12.2 Å². The maximum Gasteiger partial charge on any atom is 0.203 e. The van der Waals surface area contributed by atoms with Crippen LogP contribution in [0.2, 0.25) is 5.02 Å². The average molecular weight is 480 g/mol. The van der Waals surface area contributed by atoms with Crippen molar-refractivity contribution in [2.45, 2.75) is 0 Å². The number of halogens is 1. The van der Waals surface area contributed by atoms with Crippen LogP contribution in [0, 0.1) is 0 Å². The molecule has 7 heteroatoms. The van der Waals surface area contributed by atoms with E-state index < -0.39 is 0 Å². The molecule has 0 aromatic heterocycles. The Hall–Kier alpha value is -3.90. The van der Waals surface area contributed by atoms with Gasteiger partial charge in [0, 0.05) is 23.5 Å². The Morgan fingerprint density at radius 1 is 0.794 bits per heavy atom. The molecule has 3 rings (SSSR count). The molecule has 0 amide bonds. The third kappa shape index (κ3) is 6.11. The monoisotopic (exact) mass is 479 g/mol. The Morgan fingerprint density at radius 3 is 2.09 bits per heavy atom. The van der Waals surface area contributed by atoms with Gasteiger partial charge in [-0.3, -0.25) is 4.79 Å². The molecule has 0 heterocycles. The van der Waals surface area contributed by atoms with Crippen LogP contribution in [0.1, 0.15) is 21.5 Å². The molecule has 1 N–H and O–H groups in total. The van der Waals surface area contributed by atoms with Crippen LogP contribution in [0.15, 0.2) is 66.9 Å². The molecule has 0 fully saturated rings. The number of ketones is 1. The standard InChI is InChI=1S/C27H26ClNO5/c1-31-24-11-10-20(17-22(24)28)23(30)12-13-29-21-7-5-6-18(14-21)8-9-19-15-25(32-2)27(34-4)26(16-19)33-3/h5-17,29H,1-4H3/b9-8?,13-12-. The number of hydrogen-bond donors (Lipinski definition) is 1. The van der Waals surface area contributed by atoms with Crippen molar-refractivity contribution >= 4 is 35.2 Å². The molecule has 0 saturated carbocycles. The summed E-state index contributed by atoms with van der Waals surface area (Å²) in [5, 5.41) is 3.51. The first-order chi connectivity index (χ1) is 16.5. The first-order valence-corrected chi connectivity index (χ1v) is 10.8. The summed E-state index contributed by atoms with van der Waals surface area (Å²) in [5.74, 6) is 2.08. The van der Waals surface area contributed by atoms with E-state index in [9.17, 15) is 4.79 Å². The summed E-state index contributed by atoms with van der Waals surface area (Å²) in [6.07, 6.45) is 6.98. The average Bonchev–Trinajstić information content (AvgIpc) is 2.86. The fourth-order valence-corrected chi connectivity index (χ4v) is 3.51. The molecule has 0 aliphatic heterocycles. The van der Waals surface area contributed by atoms with Gasteiger partial charge in [0.25, 0.3) is 0 Å². The molecule has 6 nitrogen and oxygen atoms in total. The van der Waals surface area contributed by atoms with Gasteiger partial charge in [-0.05, 0) is 53.6 Å². The minimum absolute atomic E-state index is 0.171. The smallest absolute Gasteiger partial charge is 0.203 e. The lowest BCUT2D eigenvalue weighted by atomic mass is 10.1. The van der Waals surface area contributed by atoms with E-state index in [2.05, 4.69) is 5.32 Å². The number of anilines is 1. The van der Waals surface area contributed by atoms with Crippen LogP contribution in [0.4, 0.5) is 5.69 Å². The summed E-state index contributed by atoms with van der Waals surface area (Å²) in [6, 6.07) is 16.5. The zero-order valence-corrected chi connectivity index (χ0v) is 20.2. The van der Waals surface area contributed by atoms with Gasteiger partial charge in [0.2, 0.25) is 5.75 Å². The van der Waals surface area contributed by atoms with E-state index in [-0.39, 0.29) is 5.78 Å². The molecule has 0 radical (unpaired) electrons. The second kappa shape index (κ2) is 11.8. The second-order valence-electron chi connectivity index (χ2n) is 7.11. The zero-order valence-electron chi connectivity index (χ0n) is 19.4. The number of nitrogens with one attached hydrogen (secondary N) is 1. The largest absolute Gasteiger partial charge is 0.495 e. The predicted molar refractivity (Wildman–Crippen MR) is 137 cm³/mol. The lowest BCUT2D eigenvalue weighted by Crippen LogP contribution is -1.97. The lowest BCUT2D eigenvalue weighted by Gasteiger charge is -2.12. The van der Waals surface area contributed by atoms with Crippen LogP contribution in [0.3, 0.4) is 0 Å². The Labute approximate surface area is 204 Å². The summed E-state index contributed by atoms with van der Waals surface area (Å²) in [6.45, 7) is 0. The molecule has 0 spiro atoms. The topological polar surface area (TPSA) is 66.0 Å². The van der Waals surface area contributed by atoms with E-state index in [1.165, 1.54) is 13.2 Å². The highest BCUT2D eigenvalue weighted by molar-refractivity contribution is 6.32. The van der Waals surface area contributed by atoms with Crippen LogP contribution < -0.4 is 24.3 Å². The minimum atomic E-state index is -0.171. The van der Waals surface area contributed by atoms with Crippen LogP contribution >= 0.6 is 11.6 Å². The van der Waals surface area contributed by atoms with Gasteiger partial charge in [0.15, 0.2) is 17.3 Å². The molecule has 176 valence electrons. The number of ether oxygens (including phenoxy) is 4. The number of methoxy groups -OCH3 is 4. The number of carbonyl (C=O) groups is 1. The molecular weight excluding hydrogens is 454 g/mol. The first kappa shape index (κ1) is 24.7. The molecule has 0 bridgehead atoms. The van der Waals surface area contributed by atoms with Gasteiger partial charge >= 0.3 is 0 Å². The summed E-state index contributed by atoms with van der Waals surface area (Å²) in [7, 11) is 6.27. The van der Waals surface area contributed by atoms with Gasteiger partial charge in [-0.2, -0.15) is 0 Å². The third-order valence-electron chi connectivity index (χ3n) is 4.96. The molecule has 0 saturated heterocycles. The van der Waals surface area contributed by atoms with Crippen molar-refractivity contribution in [2.75, 3.05) is 33.8 Å². The van der Waals surface area contributed by atoms with Crippen molar-refractivity contribution in [3.63, 3.8) is 0 Å². The number of carbonyl (C=O) groups excluding carboxylic acids is 1.